The van der Waals surface area contributed by atoms with Crippen molar-refractivity contribution in [1.29, 1.82) is 0 Å². The van der Waals surface area contributed by atoms with E-state index in [0.29, 0.717) is 0 Å². The molecule has 0 spiro atoms. The number of hydrogen-bond acceptors (Lipinski definition) is 6. The van der Waals surface area contributed by atoms with E-state index in [2.05, 4.69) is 4.40 Å². The summed E-state index contributed by atoms with van der Waals surface area (Å²) in [6.45, 7) is 0. The zero-order chi connectivity index (χ0) is 17.1. The van der Waals surface area contributed by atoms with E-state index in [-0.39, 0.29) is 16.3 Å². The van der Waals surface area contributed by atoms with Gasteiger partial charge in [-0.15, -0.1) is 0 Å². The van der Waals surface area contributed by atoms with Crippen molar-refractivity contribution < 1.29 is 22.8 Å². The molecule has 0 N–H and O–H groups in total. The third kappa shape index (κ3) is 3.70. The van der Waals surface area contributed by atoms with Crippen LogP contribution in [-0.2, 0) is 19.5 Å². The largest absolute Gasteiger partial charge is 0.346 e. The van der Waals surface area contributed by atoms with Gasteiger partial charge in [0.2, 0.25) is 5.79 Å². The normalized spacial score (nSPS) is 16.3. The molecule has 9 heteroatoms. The lowest BCUT2D eigenvalue weighted by Crippen LogP contribution is -2.30. The van der Waals surface area contributed by atoms with Crippen molar-refractivity contribution in [3.63, 3.8) is 0 Å². The van der Waals surface area contributed by atoms with Crippen molar-refractivity contribution in [2.75, 3.05) is 14.2 Å². The third-order valence-corrected chi connectivity index (χ3v) is 4.50. The predicted octanol–water partition coefficient (Wildman–Crippen LogP) is 1.84. The van der Waals surface area contributed by atoms with E-state index in [9.17, 15) is 18.5 Å². The second-order valence-electron chi connectivity index (χ2n) is 4.54. The Labute approximate surface area is 133 Å². The number of nitrogens with zero attached hydrogens (tertiary/aromatic N) is 2. The number of allylic oxidation sites excluding steroid dienone is 2. The summed E-state index contributed by atoms with van der Waals surface area (Å²) in [7, 11) is -1.07. The van der Waals surface area contributed by atoms with Crippen LogP contribution in [0.4, 0.5) is 5.69 Å². The number of benzene rings is 1. The topological polar surface area (TPSA) is 108 Å². The van der Waals surface area contributed by atoms with E-state index in [4.69, 9.17) is 9.47 Å². The number of nitro benzene ring substituents is 1. The zero-order valence-corrected chi connectivity index (χ0v) is 13.2. The molecule has 0 radical (unpaired) electrons. The minimum absolute atomic E-state index is 0.132. The molecule has 2 rings (SSSR count). The zero-order valence-electron chi connectivity index (χ0n) is 12.4. The molecule has 0 aliphatic heterocycles. The van der Waals surface area contributed by atoms with E-state index in [0.717, 1.165) is 24.3 Å². The second-order valence-corrected chi connectivity index (χ2v) is 6.14. The molecule has 0 heterocycles. The Morgan fingerprint density at radius 1 is 1.09 bits per heavy atom. The highest BCUT2D eigenvalue weighted by Crippen LogP contribution is 2.21. The predicted molar refractivity (Wildman–Crippen MR) is 82.7 cm³/mol. The van der Waals surface area contributed by atoms with Crippen molar-refractivity contribution in [2.24, 2.45) is 4.40 Å². The molecule has 0 unspecified atom stereocenters. The Morgan fingerprint density at radius 2 is 1.61 bits per heavy atom. The Morgan fingerprint density at radius 3 is 2.04 bits per heavy atom. The first-order valence-electron chi connectivity index (χ1n) is 6.40. The second kappa shape index (κ2) is 6.41. The standard InChI is InChI=1S/C14H14N2O6S/c1-21-14(22-2)9-7-11(8-10-14)15-23(19,20)13-5-3-12(4-6-13)16(17)18/h3-10H,1-2H3. The van der Waals surface area contributed by atoms with Crippen LogP contribution in [0.2, 0.25) is 0 Å². The lowest BCUT2D eigenvalue weighted by Gasteiger charge is -2.25. The molecular formula is C14H14N2O6S. The maximum atomic E-state index is 12.2. The summed E-state index contributed by atoms with van der Waals surface area (Å²) in [6.07, 6.45) is 5.96. The minimum Gasteiger partial charge on any atom is -0.346 e. The molecule has 1 aliphatic carbocycles. The van der Waals surface area contributed by atoms with Gasteiger partial charge in [-0.05, 0) is 36.4 Å². The molecule has 0 bridgehead atoms. The van der Waals surface area contributed by atoms with Gasteiger partial charge in [-0.3, -0.25) is 10.1 Å². The van der Waals surface area contributed by atoms with Crippen LogP contribution < -0.4 is 0 Å². The minimum atomic E-state index is -3.97. The fourth-order valence-corrected chi connectivity index (χ4v) is 2.85. The summed E-state index contributed by atoms with van der Waals surface area (Å²) < 4.78 is 38.4. The molecule has 8 nitrogen and oxygen atoms in total. The molecule has 23 heavy (non-hydrogen) atoms. The van der Waals surface area contributed by atoms with Crippen molar-refractivity contribution in [2.45, 2.75) is 10.7 Å². The van der Waals surface area contributed by atoms with Crippen LogP contribution >= 0.6 is 0 Å². The van der Waals surface area contributed by atoms with Gasteiger partial charge >= 0.3 is 0 Å². The fourth-order valence-electron chi connectivity index (χ4n) is 1.86. The number of methoxy groups -OCH3 is 2. The number of non-ortho nitro benzene ring substituents is 1. The van der Waals surface area contributed by atoms with Crippen LogP contribution in [0.5, 0.6) is 0 Å². The molecule has 0 atom stereocenters. The summed E-state index contributed by atoms with van der Waals surface area (Å²) in [4.78, 5) is 9.84. The van der Waals surface area contributed by atoms with Crippen LogP contribution in [0.15, 0.2) is 57.9 Å². The first-order valence-corrected chi connectivity index (χ1v) is 7.84. The highest BCUT2D eigenvalue weighted by Gasteiger charge is 2.25. The van der Waals surface area contributed by atoms with Crippen LogP contribution in [0.1, 0.15) is 0 Å². The Balaban J connectivity index is 2.28. The molecule has 0 fully saturated rings. The third-order valence-electron chi connectivity index (χ3n) is 3.18. The monoisotopic (exact) mass is 338 g/mol. The average molecular weight is 338 g/mol. The molecule has 122 valence electrons. The lowest BCUT2D eigenvalue weighted by molar-refractivity contribution is -0.384. The molecule has 1 aliphatic rings. The van der Waals surface area contributed by atoms with E-state index < -0.39 is 20.7 Å². The van der Waals surface area contributed by atoms with Gasteiger partial charge in [0.25, 0.3) is 15.7 Å². The SMILES string of the molecule is COC1(OC)C=CC(=NS(=O)(=O)c2ccc([N+](=O)[O-])cc2)C=C1. The number of hydrogen-bond donors (Lipinski definition) is 0. The quantitative estimate of drug-likeness (QED) is 0.460. The van der Waals surface area contributed by atoms with Crippen molar-refractivity contribution >= 4 is 21.4 Å². The van der Waals surface area contributed by atoms with Crippen molar-refractivity contribution in [3.05, 3.63) is 58.7 Å². The fraction of sp³-hybridized carbons (Fsp3) is 0.214. The van der Waals surface area contributed by atoms with Crippen LogP contribution in [-0.4, -0.2) is 39.1 Å². The number of rotatable bonds is 5. The van der Waals surface area contributed by atoms with E-state index in [1.54, 1.807) is 0 Å². The van der Waals surface area contributed by atoms with Gasteiger partial charge in [0.15, 0.2) is 0 Å². The maximum Gasteiger partial charge on any atom is 0.282 e. The molecular weight excluding hydrogens is 324 g/mol. The van der Waals surface area contributed by atoms with Crippen LogP contribution in [0.25, 0.3) is 0 Å². The van der Waals surface area contributed by atoms with E-state index in [1.807, 2.05) is 0 Å². The Hall–Kier alpha value is -2.36. The molecule has 0 saturated carbocycles. The Bertz CT molecular complexity index is 771. The van der Waals surface area contributed by atoms with Crippen LogP contribution in [0, 0.1) is 10.1 Å². The van der Waals surface area contributed by atoms with E-state index >= 15 is 0 Å². The lowest BCUT2D eigenvalue weighted by atomic mass is 10.1. The smallest absolute Gasteiger partial charge is 0.282 e. The molecule has 0 aromatic heterocycles. The van der Waals surface area contributed by atoms with Crippen molar-refractivity contribution in [3.8, 4) is 0 Å². The Kier molecular flexibility index (Phi) is 4.73. The summed E-state index contributed by atoms with van der Waals surface area (Å²) in [5, 5.41) is 10.6. The van der Waals surface area contributed by atoms with Crippen molar-refractivity contribution in [1.82, 2.24) is 0 Å². The summed E-state index contributed by atoms with van der Waals surface area (Å²) in [5.41, 5.74) is -0.00730. The molecule has 0 saturated heterocycles. The highest BCUT2D eigenvalue weighted by molar-refractivity contribution is 7.90. The van der Waals surface area contributed by atoms with Gasteiger partial charge in [-0.1, -0.05) is 0 Å². The first kappa shape index (κ1) is 17.0. The highest BCUT2D eigenvalue weighted by atomic mass is 32.2. The van der Waals surface area contributed by atoms with Gasteiger partial charge in [-0.2, -0.15) is 12.8 Å². The van der Waals surface area contributed by atoms with Crippen LogP contribution in [0.3, 0.4) is 0 Å². The molecule has 1 aromatic rings. The number of ether oxygens (including phenoxy) is 2. The molecule has 1 aromatic carbocycles. The van der Waals surface area contributed by atoms with Gasteiger partial charge in [0, 0.05) is 26.4 Å². The maximum absolute atomic E-state index is 12.2. The first-order chi connectivity index (χ1) is 10.8. The summed E-state index contributed by atoms with van der Waals surface area (Å²) in [6, 6.07) is 4.51. The average Bonchev–Trinajstić information content (AvgIpc) is 2.55. The van der Waals surface area contributed by atoms with Gasteiger partial charge in [0.05, 0.1) is 15.5 Å². The van der Waals surface area contributed by atoms with Gasteiger partial charge < -0.3 is 9.47 Å². The number of nitro groups is 1. The van der Waals surface area contributed by atoms with E-state index in [1.165, 1.54) is 38.5 Å². The summed E-state index contributed by atoms with van der Waals surface area (Å²) in [5.74, 6) is -1.05. The molecule has 0 amide bonds. The van der Waals surface area contributed by atoms with Gasteiger partial charge in [-0.25, -0.2) is 0 Å². The number of sulfonamides is 1. The van der Waals surface area contributed by atoms with Gasteiger partial charge in [0.1, 0.15) is 0 Å². The summed E-state index contributed by atoms with van der Waals surface area (Å²) >= 11 is 0.